The summed E-state index contributed by atoms with van der Waals surface area (Å²) in [6, 6.07) is 15.4. The van der Waals surface area contributed by atoms with Gasteiger partial charge >= 0.3 is 0 Å². The third-order valence-electron chi connectivity index (χ3n) is 3.78. The number of halogens is 2. The van der Waals surface area contributed by atoms with Gasteiger partial charge in [0.1, 0.15) is 0 Å². The number of nitrogens with one attached hydrogen (secondary N) is 1. The highest BCUT2D eigenvalue weighted by molar-refractivity contribution is 7.62. The van der Waals surface area contributed by atoms with E-state index in [0.717, 1.165) is 11.1 Å². The smallest absolute Gasteiger partial charge is 0.0933 e. The molecule has 0 saturated heterocycles. The fraction of sp³-hybridized carbons (Fsp3) is 0.333. The Bertz CT molecular complexity index is 703. The Hall–Kier alpha value is -0.830. The van der Waals surface area contributed by atoms with Gasteiger partial charge in [0, 0.05) is 12.2 Å². The summed E-state index contributed by atoms with van der Waals surface area (Å²) in [6.07, 6.45) is 0.691. The maximum Gasteiger partial charge on any atom is 0.0933 e. The van der Waals surface area contributed by atoms with Crippen molar-refractivity contribution in [3.8, 4) is 0 Å². The molecule has 0 aliphatic heterocycles. The molecule has 0 aliphatic rings. The van der Waals surface area contributed by atoms with Crippen LogP contribution in [0.5, 0.6) is 0 Å². The molecule has 0 bridgehead atoms. The first-order chi connectivity index (χ1) is 11.4. The van der Waals surface area contributed by atoms with Gasteiger partial charge in [-0.25, -0.2) is 5.48 Å². The fourth-order valence-electron chi connectivity index (χ4n) is 2.53. The van der Waals surface area contributed by atoms with Crippen molar-refractivity contribution in [1.82, 2.24) is 5.48 Å². The number of benzene rings is 2. The first kappa shape index (κ1) is 19.5. The van der Waals surface area contributed by atoms with Crippen LogP contribution in [0.25, 0.3) is 0 Å². The quantitative estimate of drug-likeness (QED) is 0.356. The Morgan fingerprint density at radius 2 is 1.79 bits per heavy atom. The summed E-state index contributed by atoms with van der Waals surface area (Å²) < 4.78 is 12.7. The highest BCUT2D eigenvalue weighted by Gasteiger charge is 2.25. The second kappa shape index (κ2) is 9.03. The Morgan fingerprint density at radius 3 is 2.42 bits per heavy atom. The van der Waals surface area contributed by atoms with Gasteiger partial charge in [0.15, 0.2) is 0 Å². The van der Waals surface area contributed by atoms with E-state index in [4.69, 9.17) is 28.0 Å². The average Bonchev–Trinajstić information content (AvgIpc) is 2.53. The molecule has 130 valence electrons. The van der Waals surface area contributed by atoms with Crippen molar-refractivity contribution < 1.29 is 9.40 Å². The molecule has 24 heavy (non-hydrogen) atoms. The largest absolute Gasteiger partial charge is 0.323 e. The molecule has 0 amide bonds. The van der Waals surface area contributed by atoms with Gasteiger partial charge in [0.05, 0.1) is 23.8 Å². The van der Waals surface area contributed by atoms with Crippen LogP contribution in [0.4, 0.5) is 0 Å². The lowest BCUT2D eigenvalue weighted by atomic mass is 10.1. The summed E-state index contributed by atoms with van der Waals surface area (Å²) in [5.74, 6) is 0. The molecule has 0 aromatic heterocycles. The molecule has 0 fully saturated rings. The SMILES string of the molecule is CP(C)(=O)C(CCNOCc1ccccc1)c1ccc(Cl)c(Cl)c1. The molecular formula is C18H22Cl2NO2P. The van der Waals surface area contributed by atoms with Crippen LogP contribution in [0.1, 0.15) is 23.2 Å². The number of hydrogen-bond acceptors (Lipinski definition) is 3. The molecule has 3 nitrogen and oxygen atoms in total. The van der Waals surface area contributed by atoms with Crippen LogP contribution in [0.3, 0.4) is 0 Å². The number of rotatable bonds is 8. The van der Waals surface area contributed by atoms with Crippen molar-refractivity contribution in [3.05, 3.63) is 69.7 Å². The Balaban J connectivity index is 1.90. The first-order valence-corrected chi connectivity index (χ1v) is 11.2. The zero-order valence-electron chi connectivity index (χ0n) is 13.8. The maximum atomic E-state index is 12.7. The van der Waals surface area contributed by atoms with Crippen LogP contribution in [0.2, 0.25) is 10.0 Å². The normalized spacial score (nSPS) is 13.0. The van der Waals surface area contributed by atoms with E-state index in [2.05, 4.69) is 5.48 Å². The standard InChI is InChI=1S/C18H22Cl2NO2P/c1-24(2,22)18(15-8-9-16(19)17(20)12-15)10-11-21-23-13-14-6-4-3-5-7-14/h3-9,12,18,21H,10-11,13H2,1-2H3. The van der Waals surface area contributed by atoms with Crippen LogP contribution in [-0.2, 0) is 16.0 Å². The molecule has 2 rings (SSSR count). The Kier molecular flexibility index (Phi) is 7.34. The molecule has 0 radical (unpaired) electrons. The minimum absolute atomic E-state index is 0.0832. The van der Waals surface area contributed by atoms with Gasteiger partial charge in [-0.15, -0.1) is 0 Å². The highest BCUT2D eigenvalue weighted by atomic mass is 35.5. The summed E-state index contributed by atoms with van der Waals surface area (Å²) in [7, 11) is -2.34. The molecule has 0 spiro atoms. The van der Waals surface area contributed by atoms with Gasteiger partial charge in [0.2, 0.25) is 0 Å². The van der Waals surface area contributed by atoms with E-state index in [1.54, 1.807) is 25.5 Å². The van der Waals surface area contributed by atoms with E-state index in [1.165, 1.54) is 0 Å². The maximum absolute atomic E-state index is 12.7. The monoisotopic (exact) mass is 385 g/mol. The summed E-state index contributed by atoms with van der Waals surface area (Å²) in [5.41, 5.74) is 4.92. The average molecular weight is 386 g/mol. The van der Waals surface area contributed by atoms with Crippen LogP contribution >= 0.6 is 30.3 Å². The highest BCUT2D eigenvalue weighted by Crippen LogP contribution is 2.54. The summed E-state index contributed by atoms with van der Waals surface area (Å²) in [4.78, 5) is 5.47. The zero-order chi connectivity index (χ0) is 17.6. The summed E-state index contributed by atoms with van der Waals surface area (Å²) >= 11 is 12.1. The third kappa shape index (κ3) is 5.91. The van der Waals surface area contributed by atoms with Crippen molar-refractivity contribution >= 4 is 30.3 Å². The van der Waals surface area contributed by atoms with E-state index in [1.807, 2.05) is 36.4 Å². The van der Waals surface area contributed by atoms with Crippen LogP contribution < -0.4 is 5.48 Å². The zero-order valence-corrected chi connectivity index (χ0v) is 16.2. The molecule has 0 aliphatic carbocycles. The van der Waals surface area contributed by atoms with Gasteiger partial charge in [-0.1, -0.05) is 59.6 Å². The fourth-order valence-corrected chi connectivity index (χ4v) is 4.47. The van der Waals surface area contributed by atoms with Gasteiger partial charge < -0.3 is 4.57 Å². The number of hydroxylamine groups is 1. The van der Waals surface area contributed by atoms with Crippen molar-refractivity contribution in [3.63, 3.8) is 0 Å². The number of hydrogen-bond donors (Lipinski definition) is 1. The van der Waals surface area contributed by atoms with E-state index in [0.29, 0.717) is 29.6 Å². The van der Waals surface area contributed by atoms with Gasteiger partial charge in [-0.3, -0.25) is 4.84 Å². The van der Waals surface area contributed by atoms with Gasteiger partial charge in [0.25, 0.3) is 0 Å². The lowest BCUT2D eigenvalue weighted by molar-refractivity contribution is 0.0274. The van der Waals surface area contributed by atoms with Crippen LogP contribution in [0.15, 0.2) is 48.5 Å². The first-order valence-electron chi connectivity index (χ1n) is 7.76. The molecule has 1 unspecified atom stereocenters. The van der Waals surface area contributed by atoms with E-state index in [9.17, 15) is 4.57 Å². The molecule has 1 atom stereocenters. The second-order valence-corrected chi connectivity index (χ2v) is 10.4. The predicted molar refractivity (Wildman–Crippen MR) is 103 cm³/mol. The van der Waals surface area contributed by atoms with Crippen molar-refractivity contribution in [2.75, 3.05) is 19.9 Å². The molecule has 1 N–H and O–H groups in total. The van der Waals surface area contributed by atoms with E-state index in [-0.39, 0.29) is 5.66 Å². The molecule has 2 aromatic carbocycles. The van der Waals surface area contributed by atoms with E-state index < -0.39 is 7.14 Å². The Morgan fingerprint density at radius 1 is 1.08 bits per heavy atom. The molecule has 2 aromatic rings. The second-order valence-electron chi connectivity index (χ2n) is 6.08. The van der Waals surface area contributed by atoms with Crippen molar-refractivity contribution in [2.24, 2.45) is 0 Å². The molecule has 6 heteroatoms. The van der Waals surface area contributed by atoms with Crippen molar-refractivity contribution in [2.45, 2.75) is 18.7 Å². The van der Waals surface area contributed by atoms with Crippen molar-refractivity contribution in [1.29, 1.82) is 0 Å². The summed E-state index contributed by atoms with van der Waals surface area (Å²) in [6.45, 7) is 4.69. The molecule has 0 heterocycles. The lowest BCUT2D eigenvalue weighted by Gasteiger charge is -2.22. The topological polar surface area (TPSA) is 38.3 Å². The molecule has 0 saturated carbocycles. The summed E-state index contributed by atoms with van der Waals surface area (Å²) in [5, 5.41) is 0.992. The van der Waals surface area contributed by atoms with E-state index >= 15 is 0 Å². The molecular weight excluding hydrogens is 364 g/mol. The van der Waals surface area contributed by atoms with Crippen LogP contribution in [-0.4, -0.2) is 19.9 Å². The van der Waals surface area contributed by atoms with Gasteiger partial charge in [-0.2, -0.15) is 0 Å². The minimum Gasteiger partial charge on any atom is -0.323 e. The predicted octanol–water partition coefficient (Wildman–Crippen LogP) is 5.77. The minimum atomic E-state index is -2.34. The lowest BCUT2D eigenvalue weighted by Crippen LogP contribution is -2.18. The van der Waals surface area contributed by atoms with Gasteiger partial charge in [-0.05, 0) is 43.0 Å². The van der Waals surface area contributed by atoms with Crippen LogP contribution in [0, 0.1) is 0 Å². The Labute approximate surface area is 153 Å². The third-order valence-corrected chi connectivity index (χ3v) is 6.58.